The van der Waals surface area contributed by atoms with Gasteiger partial charge in [-0.15, -0.1) is 0 Å². The fourth-order valence-corrected chi connectivity index (χ4v) is 5.97. The van der Waals surface area contributed by atoms with Crippen LogP contribution >= 0.6 is 11.3 Å². The Labute approximate surface area is 190 Å². The molecule has 10 heteroatoms. The van der Waals surface area contributed by atoms with Gasteiger partial charge in [0.15, 0.2) is 5.13 Å². The number of fused-ring (bicyclic) bond motifs is 2. The number of aromatic nitrogens is 1. The van der Waals surface area contributed by atoms with Gasteiger partial charge in [0.2, 0.25) is 21.8 Å². The predicted octanol–water partition coefficient (Wildman–Crippen LogP) is 3.21. The fourth-order valence-electron chi connectivity index (χ4n) is 3.90. The van der Waals surface area contributed by atoms with Crippen molar-refractivity contribution in [1.82, 2.24) is 9.71 Å². The van der Waals surface area contributed by atoms with E-state index >= 15 is 0 Å². The van der Waals surface area contributed by atoms with Crippen LogP contribution in [-0.4, -0.2) is 37.8 Å². The quantitative estimate of drug-likeness (QED) is 0.573. The molecule has 1 atom stereocenters. The second-order valence-corrected chi connectivity index (χ2v) is 10.7. The van der Waals surface area contributed by atoms with E-state index in [1.807, 2.05) is 32.0 Å². The molecule has 4 rings (SSSR count). The monoisotopic (exact) mass is 472 g/mol. The van der Waals surface area contributed by atoms with Crippen LogP contribution in [0.4, 0.5) is 10.8 Å². The Morgan fingerprint density at radius 1 is 1.22 bits per heavy atom. The van der Waals surface area contributed by atoms with E-state index in [1.165, 1.54) is 24.3 Å². The second-order valence-electron chi connectivity index (χ2n) is 7.92. The summed E-state index contributed by atoms with van der Waals surface area (Å²) in [5.41, 5.74) is 3.49. The molecular formula is C22H24N4O4S2. The number of benzene rings is 2. The summed E-state index contributed by atoms with van der Waals surface area (Å²) in [7, 11) is -3.78. The molecule has 0 saturated heterocycles. The maximum Gasteiger partial charge on any atom is 0.240 e. The number of amides is 2. The standard InChI is InChI=1S/C22H24N4O4S2/c1-13-4-6-18-20(10-13)31-22(24-18)25-21(28)8-9-23-32(29,30)17-5-7-19-16(12-17)11-14(2)26(19)15(3)27/h4-7,10,12,14,23H,8-9,11H2,1-3H3,(H,24,25,28). The average Bonchev–Trinajstić information content (AvgIpc) is 3.25. The molecule has 8 nitrogen and oxygen atoms in total. The predicted molar refractivity (Wildman–Crippen MR) is 126 cm³/mol. The number of carbonyl (C=O) groups excluding carboxylic acids is 2. The fraction of sp³-hybridized carbons (Fsp3) is 0.318. The summed E-state index contributed by atoms with van der Waals surface area (Å²) in [6.45, 7) is 5.38. The molecule has 0 fully saturated rings. The normalized spacial score (nSPS) is 15.7. The Kier molecular flexibility index (Phi) is 6.02. The third-order valence-electron chi connectivity index (χ3n) is 5.35. The van der Waals surface area contributed by atoms with E-state index < -0.39 is 10.0 Å². The third kappa shape index (κ3) is 4.52. The lowest BCUT2D eigenvalue weighted by Crippen LogP contribution is -2.33. The molecule has 1 aliphatic rings. The zero-order chi connectivity index (χ0) is 23.0. The molecule has 2 N–H and O–H groups in total. The molecule has 0 aliphatic carbocycles. The van der Waals surface area contributed by atoms with E-state index in [1.54, 1.807) is 17.0 Å². The van der Waals surface area contributed by atoms with E-state index in [2.05, 4.69) is 15.0 Å². The molecule has 0 saturated carbocycles. The Balaban J connectivity index is 1.36. The van der Waals surface area contributed by atoms with E-state index in [4.69, 9.17) is 0 Å². The molecule has 0 bridgehead atoms. The zero-order valence-electron chi connectivity index (χ0n) is 18.0. The van der Waals surface area contributed by atoms with Gasteiger partial charge in [-0.1, -0.05) is 17.4 Å². The molecule has 2 heterocycles. The first-order valence-corrected chi connectivity index (χ1v) is 12.5. The minimum Gasteiger partial charge on any atom is -0.309 e. The maximum atomic E-state index is 12.7. The van der Waals surface area contributed by atoms with E-state index in [9.17, 15) is 18.0 Å². The Morgan fingerprint density at radius 3 is 2.75 bits per heavy atom. The van der Waals surface area contributed by atoms with Crippen molar-refractivity contribution in [1.29, 1.82) is 0 Å². The number of hydrogen-bond donors (Lipinski definition) is 2. The van der Waals surface area contributed by atoms with Crippen LogP contribution in [0.5, 0.6) is 0 Å². The first-order chi connectivity index (χ1) is 15.1. The van der Waals surface area contributed by atoms with Gasteiger partial charge in [0.05, 0.1) is 15.1 Å². The topological polar surface area (TPSA) is 108 Å². The van der Waals surface area contributed by atoms with Gasteiger partial charge in [0.1, 0.15) is 0 Å². The summed E-state index contributed by atoms with van der Waals surface area (Å²) in [5.74, 6) is -0.386. The Morgan fingerprint density at radius 2 is 2.00 bits per heavy atom. The van der Waals surface area contributed by atoms with Crippen LogP contribution in [-0.2, 0) is 26.0 Å². The lowest BCUT2D eigenvalue weighted by atomic mass is 10.1. The summed E-state index contributed by atoms with van der Waals surface area (Å²) in [6.07, 6.45) is 0.580. The Hall–Kier alpha value is -2.82. The largest absolute Gasteiger partial charge is 0.309 e. The summed E-state index contributed by atoms with van der Waals surface area (Å²) < 4.78 is 28.8. The average molecular weight is 473 g/mol. The lowest BCUT2D eigenvalue weighted by Gasteiger charge is -2.20. The van der Waals surface area contributed by atoms with Gasteiger partial charge in [0, 0.05) is 31.6 Å². The van der Waals surface area contributed by atoms with Crippen molar-refractivity contribution in [3.8, 4) is 0 Å². The number of nitrogens with one attached hydrogen (secondary N) is 2. The van der Waals surface area contributed by atoms with Gasteiger partial charge in [-0.2, -0.15) is 0 Å². The summed E-state index contributed by atoms with van der Waals surface area (Å²) in [5, 5.41) is 3.21. The van der Waals surface area contributed by atoms with E-state index in [0.29, 0.717) is 11.6 Å². The number of carbonyl (C=O) groups is 2. The molecule has 0 radical (unpaired) electrons. The van der Waals surface area contributed by atoms with Gasteiger partial charge in [-0.3, -0.25) is 9.59 Å². The molecule has 32 heavy (non-hydrogen) atoms. The highest BCUT2D eigenvalue weighted by atomic mass is 32.2. The first kappa shape index (κ1) is 22.4. The molecule has 3 aromatic rings. The van der Waals surface area contributed by atoms with Gasteiger partial charge >= 0.3 is 0 Å². The minimum absolute atomic E-state index is 0.0106. The van der Waals surface area contributed by atoms with E-state index in [0.717, 1.165) is 27.0 Å². The number of sulfonamides is 1. The SMILES string of the molecule is CC(=O)N1c2ccc(S(=O)(=O)NCCC(=O)Nc3nc4ccc(C)cc4s3)cc2CC1C. The van der Waals surface area contributed by atoms with Crippen molar-refractivity contribution in [3.63, 3.8) is 0 Å². The van der Waals surface area contributed by atoms with Gasteiger partial charge in [-0.05, 0) is 61.7 Å². The van der Waals surface area contributed by atoms with Crippen LogP contribution < -0.4 is 14.9 Å². The number of aryl methyl sites for hydroxylation is 1. The second kappa shape index (κ2) is 8.61. The molecule has 1 unspecified atom stereocenters. The number of anilines is 2. The summed E-state index contributed by atoms with van der Waals surface area (Å²) in [6, 6.07) is 10.6. The molecule has 1 aliphatic heterocycles. The highest BCUT2D eigenvalue weighted by Gasteiger charge is 2.30. The molecule has 2 aromatic carbocycles. The molecule has 168 valence electrons. The number of nitrogens with zero attached hydrogens (tertiary/aromatic N) is 2. The first-order valence-electron chi connectivity index (χ1n) is 10.2. The highest BCUT2D eigenvalue weighted by Crippen LogP contribution is 2.34. The van der Waals surface area contributed by atoms with Crippen molar-refractivity contribution in [2.24, 2.45) is 0 Å². The molecule has 2 amide bonds. The van der Waals surface area contributed by atoms with Crippen LogP contribution in [0.1, 0.15) is 31.4 Å². The lowest BCUT2D eigenvalue weighted by molar-refractivity contribution is -0.117. The summed E-state index contributed by atoms with van der Waals surface area (Å²) in [4.78, 5) is 30.3. The number of rotatable bonds is 6. The van der Waals surface area contributed by atoms with Crippen LogP contribution in [0.15, 0.2) is 41.3 Å². The minimum atomic E-state index is -3.78. The van der Waals surface area contributed by atoms with Crippen LogP contribution in [0.3, 0.4) is 0 Å². The zero-order valence-corrected chi connectivity index (χ0v) is 19.6. The van der Waals surface area contributed by atoms with Crippen molar-refractivity contribution in [2.45, 2.75) is 44.6 Å². The van der Waals surface area contributed by atoms with E-state index in [-0.39, 0.29) is 35.7 Å². The van der Waals surface area contributed by atoms with Crippen LogP contribution in [0.25, 0.3) is 10.2 Å². The molecule has 1 aromatic heterocycles. The highest BCUT2D eigenvalue weighted by molar-refractivity contribution is 7.89. The smallest absolute Gasteiger partial charge is 0.240 e. The maximum absolute atomic E-state index is 12.7. The van der Waals surface area contributed by atoms with Crippen LogP contribution in [0, 0.1) is 6.92 Å². The van der Waals surface area contributed by atoms with Gasteiger partial charge in [0.25, 0.3) is 0 Å². The molecule has 0 spiro atoms. The Bertz CT molecular complexity index is 1320. The van der Waals surface area contributed by atoms with Crippen molar-refractivity contribution in [3.05, 3.63) is 47.5 Å². The van der Waals surface area contributed by atoms with Crippen molar-refractivity contribution in [2.75, 3.05) is 16.8 Å². The molecular weight excluding hydrogens is 448 g/mol. The number of hydrogen-bond acceptors (Lipinski definition) is 6. The van der Waals surface area contributed by atoms with Gasteiger partial charge in [-0.25, -0.2) is 18.1 Å². The summed E-state index contributed by atoms with van der Waals surface area (Å²) >= 11 is 1.38. The number of thiazole rings is 1. The van der Waals surface area contributed by atoms with Crippen LogP contribution in [0.2, 0.25) is 0 Å². The van der Waals surface area contributed by atoms with Crippen molar-refractivity contribution >= 4 is 54.2 Å². The van der Waals surface area contributed by atoms with Gasteiger partial charge < -0.3 is 10.2 Å². The van der Waals surface area contributed by atoms with Crippen molar-refractivity contribution < 1.29 is 18.0 Å². The third-order valence-corrected chi connectivity index (χ3v) is 7.74.